The van der Waals surface area contributed by atoms with Gasteiger partial charge in [0.1, 0.15) is 0 Å². The number of β-amino-alcohol motifs (C(OH)–C–C–N with tert-alkyl or cyclic N) is 1. The zero-order valence-corrected chi connectivity index (χ0v) is 5.33. The molecular weight excluding hydrogens is 136 g/mol. The first-order chi connectivity index (χ1) is 4.75. The summed E-state index contributed by atoms with van der Waals surface area (Å²) in [7, 11) is 0. The number of carbonyl (C=O) groups is 2. The molecular formula is C5H8N2O3. The SMILES string of the molecule is O=C1CNC(=O)N1CCO. The van der Waals surface area contributed by atoms with Crippen LogP contribution < -0.4 is 5.32 Å². The molecule has 2 N–H and O–H groups in total. The van der Waals surface area contributed by atoms with Crippen LogP contribution in [0.4, 0.5) is 4.79 Å². The zero-order chi connectivity index (χ0) is 7.56. The Morgan fingerprint density at radius 1 is 1.60 bits per heavy atom. The van der Waals surface area contributed by atoms with Crippen LogP contribution in [-0.2, 0) is 4.79 Å². The molecule has 0 aromatic heterocycles. The molecule has 0 radical (unpaired) electrons. The number of imide groups is 1. The number of nitrogens with zero attached hydrogens (tertiary/aromatic N) is 1. The van der Waals surface area contributed by atoms with Gasteiger partial charge in [0.25, 0.3) is 0 Å². The molecule has 0 spiro atoms. The predicted molar refractivity (Wildman–Crippen MR) is 32.2 cm³/mol. The van der Waals surface area contributed by atoms with E-state index in [4.69, 9.17) is 5.11 Å². The van der Waals surface area contributed by atoms with E-state index in [1.165, 1.54) is 0 Å². The fraction of sp³-hybridized carbons (Fsp3) is 0.600. The highest BCUT2D eigenvalue weighted by Gasteiger charge is 2.27. The van der Waals surface area contributed by atoms with E-state index >= 15 is 0 Å². The Kier molecular flexibility index (Phi) is 1.86. The molecule has 10 heavy (non-hydrogen) atoms. The molecule has 1 fully saturated rings. The molecule has 0 aromatic rings. The lowest BCUT2D eigenvalue weighted by Gasteiger charge is -2.08. The van der Waals surface area contributed by atoms with Gasteiger partial charge >= 0.3 is 6.03 Å². The second-order valence-electron chi connectivity index (χ2n) is 1.93. The van der Waals surface area contributed by atoms with Crippen molar-refractivity contribution in [3.05, 3.63) is 0 Å². The zero-order valence-electron chi connectivity index (χ0n) is 5.33. The van der Waals surface area contributed by atoms with Crippen LogP contribution >= 0.6 is 0 Å². The van der Waals surface area contributed by atoms with Crippen molar-refractivity contribution in [2.45, 2.75) is 0 Å². The van der Waals surface area contributed by atoms with E-state index in [-0.39, 0.29) is 25.6 Å². The number of amides is 3. The largest absolute Gasteiger partial charge is 0.395 e. The van der Waals surface area contributed by atoms with Crippen LogP contribution in [0.3, 0.4) is 0 Å². The molecule has 0 aliphatic carbocycles. The van der Waals surface area contributed by atoms with Gasteiger partial charge in [0.15, 0.2) is 0 Å². The average molecular weight is 144 g/mol. The molecule has 0 saturated carbocycles. The van der Waals surface area contributed by atoms with Crippen LogP contribution in [0.15, 0.2) is 0 Å². The number of hydrogen-bond donors (Lipinski definition) is 2. The van der Waals surface area contributed by atoms with E-state index in [9.17, 15) is 9.59 Å². The minimum absolute atomic E-state index is 0.0544. The van der Waals surface area contributed by atoms with Crippen LogP contribution in [0.1, 0.15) is 0 Å². The summed E-state index contributed by atoms with van der Waals surface area (Å²) < 4.78 is 0. The van der Waals surface area contributed by atoms with Gasteiger partial charge in [-0.2, -0.15) is 0 Å². The highest BCUT2D eigenvalue weighted by atomic mass is 16.3. The minimum atomic E-state index is -0.418. The Morgan fingerprint density at radius 3 is 2.70 bits per heavy atom. The maximum atomic E-state index is 10.7. The van der Waals surface area contributed by atoms with Crippen LogP contribution in [0.25, 0.3) is 0 Å². The summed E-state index contributed by atoms with van der Waals surface area (Å²) in [6.45, 7) is -0.0390. The number of hydrogen-bond acceptors (Lipinski definition) is 3. The summed E-state index contributed by atoms with van der Waals surface area (Å²) in [5, 5.41) is 10.7. The van der Waals surface area contributed by atoms with Gasteiger partial charge in [-0.1, -0.05) is 0 Å². The van der Waals surface area contributed by atoms with Gasteiger partial charge in [0.2, 0.25) is 5.91 Å². The molecule has 1 heterocycles. The van der Waals surface area contributed by atoms with E-state index in [0.717, 1.165) is 4.90 Å². The lowest BCUT2D eigenvalue weighted by atomic mass is 10.5. The van der Waals surface area contributed by atoms with Crippen molar-refractivity contribution in [1.82, 2.24) is 10.2 Å². The van der Waals surface area contributed by atoms with E-state index in [0.29, 0.717) is 0 Å². The topological polar surface area (TPSA) is 69.6 Å². The molecule has 5 heteroatoms. The third kappa shape index (κ3) is 1.08. The van der Waals surface area contributed by atoms with Gasteiger partial charge in [-0.3, -0.25) is 9.69 Å². The first kappa shape index (κ1) is 7.01. The minimum Gasteiger partial charge on any atom is -0.395 e. The normalized spacial score (nSPS) is 17.9. The van der Waals surface area contributed by atoms with E-state index in [1.807, 2.05) is 0 Å². The predicted octanol–water partition coefficient (Wildman–Crippen LogP) is -1.47. The first-order valence-electron chi connectivity index (χ1n) is 2.95. The summed E-state index contributed by atoms with van der Waals surface area (Å²) in [6, 6.07) is -0.418. The Hall–Kier alpha value is -1.10. The van der Waals surface area contributed by atoms with E-state index < -0.39 is 6.03 Å². The number of urea groups is 1. The van der Waals surface area contributed by atoms with Gasteiger partial charge in [0, 0.05) is 0 Å². The molecule has 1 aliphatic rings. The number of aliphatic hydroxyl groups excluding tert-OH is 1. The van der Waals surface area contributed by atoms with Gasteiger partial charge in [0.05, 0.1) is 19.7 Å². The smallest absolute Gasteiger partial charge is 0.324 e. The Labute approximate surface area is 57.6 Å². The third-order valence-corrected chi connectivity index (χ3v) is 1.26. The molecule has 5 nitrogen and oxygen atoms in total. The van der Waals surface area contributed by atoms with Crippen molar-refractivity contribution < 1.29 is 14.7 Å². The van der Waals surface area contributed by atoms with Gasteiger partial charge < -0.3 is 10.4 Å². The highest BCUT2D eigenvalue weighted by Crippen LogP contribution is 1.96. The molecule has 3 amide bonds. The summed E-state index contributed by atoms with van der Waals surface area (Å²) in [5.74, 6) is -0.279. The highest BCUT2D eigenvalue weighted by molar-refractivity contribution is 6.01. The summed E-state index contributed by atoms with van der Waals surface area (Å²) >= 11 is 0. The average Bonchev–Trinajstić information content (AvgIpc) is 2.20. The van der Waals surface area contributed by atoms with E-state index in [2.05, 4.69) is 5.32 Å². The third-order valence-electron chi connectivity index (χ3n) is 1.26. The van der Waals surface area contributed by atoms with Gasteiger partial charge in [-0.15, -0.1) is 0 Å². The van der Waals surface area contributed by atoms with Crippen molar-refractivity contribution in [3.63, 3.8) is 0 Å². The maximum absolute atomic E-state index is 10.7. The molecule has 0 unspecified atom stereocenters. The second kappa shape index (κ2) is 2.66. The number of aliphatic hydroxyl groups is 1. The Balaban J connectivity index is 2.54. The summed E-state index contributed by atoms with van der Waals surface area (Å²) in [4.78, 5) is 22.3. The molecule has 0 bridgehead atoms. The van der Waals surface area contributed by atoms with Crippen LogP contribution in [0, 0.1) is 0 Å². The molecule has 56 valence electrons. The monoisotopic (exact) mass is 144 g/mol. The fourth-order valence-corrected chi connectivity index (χ4v) is 0.782. The lowest BCUT2D eigenvalue weighted by molar-refractivity contribution is -0.125. The molecule has 0 atom stereocenters. The van der Waals surface area contributed by atoms with Crippen LogP contribution in [0.5, 0.6) is 0 Å². The standard InChI is InChI=1S/C5H8N2O3/c8-2-1-7-4(9)3-6-5(7)10/h8H,1-3H2,(H,6,10). The maximum Gasteiger partial charge on any atom is 0.324 e. The molecule has 1 rings (SSSR count). The first-order valence-corrected chi connectivity index (χ1v) is 2.95. The molecule has 1 aliphatic heterocycles. The summed E-state index contributed by atoms with van der Waals surface area (Å²) in [5.41, 5.74) is 0. The quantitative estimate of drug-likeness (QED) is 0.465. The van der Waals surface area contributed by atoms with Crippen molar-refractivity contribution in [2.75, 3.05) is 19.7 Å². The van der Waals surface area contributed by atoms with Crippen molar-refractivity contribution >= 4 is 11.9 Å². The lowest BCUT2D eigenvalue weighted by Crippen LogP contribution is -2.33. The summed E-state index contributed by atoms with van der Waals surface area (Å²) in [6.07, 6.45) is 0. The fourth-order valence-electron chi connectivity index (χ4n) is 0.782. The number of carbonyl (C=O) groups excluding carboxylic acids is 2. The number of rotatable bonds is 2. The number of nitrogens with one attached hydrogen (secondary N) is 1. The van der Waals surface area contributed by atoms with Crippen molar-refractivity contribution in [1.29, 1.82) is 0 Å². The Morgan fingerprint density at radius 2 is 2.30 bits per heavy atom. The van der Waals surface area contributed by atoms with Crippen molar-refractivity contribution in [2.24, 2.45) is 0 Å². The second-order valence-corrected chi connectivity index (χ2v) is 1.93. The van der Waals surface area contributed by atoms with Gasteiger partial charge in [-0.05, 0) is 0 Å². The molecule has 1 saturated heterocycles. The van der Waals surface area contributed by atoms with Gasteiger partial charge in [-0.25, -0.2) is 4.79 Å². The van der Waals surface area contributed by atoms with Crippen molar-refractivity contribution in [3.8, 4) is 0 Å². The Bertz CT molecular complexity index is 152. The van der Waals surface area contributed by atoms with E-state index in [1.54, 1.807) is 0 Å². The van der Waals surface area contributed by atoms with Crippen LogP contribution in [-0.4, -0.2) is 41.6 Å². The molecule has 0 aromatic carbocycles. The van der Waals surface area contributed by atoms with Crippen LogP contribution in [0.2, 0.25) is 0 Å².